The SMILES string of the molecule is CCCCCN(Cc1ncc(C)cc1C)C[C@H]1Cc2ccccc2CN1. The summed E-state index contributed by atoms with van der Waals surface area (Å²) in [6.45, 7) is 10.8. The third-order valence-electron chi connectivity index (χ3n) is 5.42. The lowest BCUT2D eigenvalue weighted by Gasteiger charge is -2.32. The number of hydrogen-bond donors (Lipinski definition) is 1. The lowest BCUT2D eigenvalue weighted by molar-refractivity contribution is 0.221. The first kappa shape index (κ1) is 19.1. The lowest BCUT2D eigenvalue weighted by Crippen LogP contribution is -2.44. The van der Waals surface area contributed by atoms with Crippen LogP contribution >= 0.6 is 0 Å². The Morgan fingerprint density at radius 2 is 1.96 bits per heavy atom. The van der Waals surface area contributed by atoms with Crippen molar-refractivity contribution in [2.75, 3.05) is 13.1 Å². The van der Waals surface area contributed by atoms with Gasteiger partial charge in [-0.15, -0.1) is 0 Å². The first-order valence-corrected chi connectivity index (χ1v) is 10.1. The Hall–Kier alpha value is -1.71. The van der Waals surface area contributed by atoms with E-state index in [2.05, 4.69) is 61.3 Å². The normalized spacial score (nSPS) is 16.7. The molecule has 26 heavy (non-hydrogen) atoms. The molecule has 3 heteroatoms. The summed E-state index contributed by atoms with van der Waals surface area (Å²) >= 11 is 0. The Morgan fingerprint density at radius 3 is 2.73 bits per heavy atom. The van der Waals surface area contributed by atoms with Gasteiger partial charge in [0, 0.05) is 31.9 Å². The molecule has 3 nitrogen and oxygen atoms in total. The Morgan fingerprint density at radius 1 is 1.15 bits per heavy atom. The molecule has 1 aliphatic rings. The Bertz CT molecular complexity index is 710. The minimum Gasteiger partial charge on any atom is -0.308 e. The largest absolute Gasteiger partial charge is 0.308 e. The summed E-state index contributed by atoms with van der Waals surface area (Å²) < 4.78 is 0. The van der Waals surface area contributed by atoms with Crippen LogP contribution in [0.5, 0.6) is 0 Å². The number of aromatic nitrogens is 1. The van der Waals surface area contributed by atoms with Crippen LogP contribution in [0.4, 0.5) is 0 Å². The number of pyridine rings is 1. The number of rotatable bonds is 8. The molecule has 0 saturated heterocycles. The number of fused-ring (bicyclic) bond motifs is 1. The van der Waals surface area contributed by atoms with Crippen molar-refractivity contribution in [3.8, 4) is 0 Å². The van der Waals surface area contributed by atoms with Crippen molar-refractivity contribution in [3.63, 3.8) is 0 Å². The molecule has 2 aromatic rings. The third kappa shape index (κ3) is 5.15. The summed E-state index contributed by atoms with van der Waals surface area (Å²) in [7, 11) is 0. The minimum atomic E-state index is 0.525. The summed E-state index contributed by atoms with van der Waals surface area (Å²) in [5, 5.41) is 3.74. The number of nitrogens with zero attached hydrogens (tertiary/aromatic N) is 2. The van der Waals surface area contributed by atoms with Crippen LogP contribution in [0, 0.1) is 13.8 Å². The first-order valence-electron chi connectivity index (χ1n) is 10.1. The fourth-order valence-corrected chi connectivity index (χ4v) is 3.90. The van der Waals surface area contributed by atoms with Crippen LogP contribution in [0.15, 0.2) is 36.5 Å². The highest BCUT2D eigenvalue weighted by molar-refractivity contribution is 5.30. The molecule has 0 unspecified atom stereocenters. The summed E-state index contributed by atoms with van der Waals surface area (Å²) in [4.78, 5) is 7.32. The van der Waals surface area contributed by atoms with Gasteiger partial charge in [0.2, 0.25) is 0 Å². The van der Waals surface area contributed by atoms with Gasteiger partial charge >= 0.3 is 0 Å². The highest BCUT2D eigenvalue weighted by Gasteiger charge is 2.20. The zero-order valence-electron chi connectivity index (χ0n) is 16.6. The zero-order chi connectivity index (χ0) is 18.4. The van der Waals surface area contributed by atoms with Crippen LogP contribution in [0.3, 0.4) is 0 Å². The quantitative estimate of drug-likeness (QED) is 0.714. The molecule has 1 aliphatic heterocycles. The standard InChI is InChI=1S/C23H33N3/c1-4-5-8-11-26(17-23-19(3)12-18(2)14-25-23)16-22-13-20-9-6-7-10-21(20)15-24-22/h6-7,9-10,12,14,22,24H,4-5,8,11,13,15-17H2,1-3H3/t22-/m1/s1. The predicted octanol–water partition coefficient (Wildman–Crippen LogP) is 4.41. The number of aryl methyl sites for hydroxylation is 2. The highest BCUT2D eigenvalue weighted by atomic mass is 15.2. The molecule has 2 heterocycles. The molecule has 140 valence electrons. The van der Waals surface area contributed by atoms with Crippen LogP contribution in [0.25, 0.3) is 0 Å². The summed E-state index contributed by atoms with van der Waals surface area (Å²) in [5.41, 5.74) is 6.75. The van der Waals surface area contributed by atoms with Gasteiger partial charge in [0.15, 0.2) is 0 Å². The average molecular weight is 352 g/mol. The van der Waals surface area contributed by atoms with Crippen LogP contribution in [0.2, 0.25) is 0 Å². The van der Waals surface area contributed by atoms with E-state index in [0.717, 1.165) is 32.6 Å². The molecule has 0 amide bonds. The zero-order valence-corrected chi connectivity index (χ0v) is 16.6. The van der Waals surface area contributed by atoms with Crippen LogP contribution < -0.4 is 5.32 Å². The molecule has 1 N–H and O–H groups in total. The van der Waals surface area contributed by atoms with E-state index in [1.165, 1.54) is 47.2 Å². The highest BCUT2D eigenvalue weighted by Crippen LogP contribution is 2.18. The van der Waals surface area contributed by atoms with E-state index in [1.807, 2.05) is 6.20 Å². The van der Waals surface area contributed by atoms with Crippen molar-refractivity contribution in [3.05, 3.63) is 64.5 Å². The van der Waals surface area contributed by atoms with E-state index in [9.17, 15) is 0 Å². The molecule has 1 aromatic heterocycles. The minimum absolute atomic E-state index is 0.525. The van der Waals surface area contributed by atoms with E-state index in [-0.39, 0.29) is 0 Å². The maximum atomic E-state index is 4.71. The second-order valence-electron chi connectivity index (χ2n) is 7.77. The lowest BCUT2D eigenvalue weighted by atomic mass is 9.95. The van der Waals surface area contributed by atoms with Crippen molar-refractivity contribution in [2.45, 2.75) is 65.6 Å². The van der Waals surface area contributed by atoms with Gasteiger partial charge in [0.1, 0.15) is 0 Å². The molecular weight excluding hydrogens is 318 g/mol. The smallest absolute Gasteiger partial charge is 0.0573 e. The van der Waals surface area contributed by atoms with Gasteiger partial charge in [0.05, 0.1) is 5.69 Å². The molecule has 0 radical (unpaired) electrons. The molecule has 0 spiro atoms. The number of benzene rings is 1. The third-order valence-corrected chi connectivity index (χ3v) is 5.42. The molecule has 0 saturated carbocycles. The summed E-state index contributed by atoms with van der Waals surface area (Å²) in [6, 6.07) is 11.6. The van der Waals surface area contributed by atoms with E-state index in [4.69, 9.17) is 4.98 Å². The van der Waals surface area contributed by atoms with E-state index in [1.54, 1.807) is 0 Å². The molecule has 0 fully saturated rings. The van der Waals surface area contributed by atoms with Gasteiger partial charge in [-0.1, -0.05) is 50.1 Å². The molecule has 1 aromatic carbocycles. The Kier molecular flexibility index (Phi) is 6.81. The monoisotopic (exact) mass is 351 g/mol. The van der Waals surface area contributed by atoms with Crippen molar-refractivity contribution in [1.82, 2.24) is 15.2 Å². The van der Waals surface area contributed by atoms with Crippen LogP contribution in [0.1, 0.15) is 54.1 Å². The fraction of sp³-hybridized carbons (Fsp3) is 0.522. The van der Waals surface area contributed by atoms with E-state index < -0.39 is 0 Å². The van der Waals surface area contributed by atoms with Crippen molar-refractivity contribution in [2.24, 2.45) is 0 Å². The maximum Gasteiger partial charge on any atom is 0.0573 e. The number of nitrogens with one attached hydrogen (secondary N) is 1. The van der Waals surface area contributed by atoms with Gasteiger partial charge < -0.3 is 5.32 Å². The maximum absolute atomic E-state index is 4.71. The van der Waals surface area contributed by atoms with Gasteiger partial charge in [-0.05, 0) is 55.5 Å². The number of hydrogen-bond acceptors (Lipinski definition) is 3. The topological polar surface area (TPSA) is 28.2 Å². The predicted molar refractivity (Wildman–Crippen MR) is 109 cm³/mol. The second kappa shape index (κ2) is 9.29. The van der Waals surface area contributed by atoms with Crippen molar-refractivity contribution < 1.29 is 0 Å². The molecule has 1 atom stereocenters. The summed E-state index contributed by atoms with van der Waals surface area (Å²) in [6.07, 6.45) is 6.97. The fourth-order valence-electron chi connectivity index (χ4n) is 3.90. The Balaban J connectivity index is 1.66. The number of unbranched alkanes of at least 4 members (excludes halogenated alkanes) is 2. The van der Waals surface area contributed by atoms with Crippen molar-refractivity contribution in [1.29, 1.82) is 0 Å². The summed E-state index contributed by atoms with van der Waals surface area (Å²) in [5.74, 6) is 0. The van der Waals surface area contributed by atoms with Crippen LogP contribution in [-0.2, 0) is 19.5 Å². The van der Waals surface area contributed by atoms with Gasteiger partial charge in [0.25, 0.3) is 0 Å². The van der Waals surface area contributed by atoms with Gasteiger partial charge in [-0.25, -0.2) is 0 Å². The average Bonchev–Trinajstić information content (AvgIpc) is 2.64. The van der Waals surface area contributed by atoms with Gasteiger partial charge in [-0.2, -0.15) is 0 Å². The van der Waals surface area contributed by atoms with Crippen LogP contribution in [-0.4, -0.2) is 29.0 Å². The second-order valence-corrected chi connectivity index (χ2v) is 7.77. The van der Waals surface area contributed by atoms with Crippen molar-refractivity contribution >= 4 is 0 Å². The van der Waals surface area contributed by atoms with Gasteiger partial charge in [-0.3, -0.25) is 9.88 Å². The Labute approximate surface area is 158 Å². The molecular formula is C23H33N3. The van der Waals surface area contributed by atoms with E-state index in [0.29, 0.717) is 6.04 Å². The molecule has 0 aliphatic carbocycles. The molecule has 0 bridgehead atoms. The van der Waals surface area contributed by atoms with E-state index >= 15 is 0 Å². The molecule has 3 rings (SSSR count). The first-order chi connectivity index (χ1) is 12.7.